The van der Waals surface area contributed by atoms with Crippen LogP contribution in [0.25, 0.3) is 0 Å². The van der Waals surface area contributed by atoms with Crippen LogP contribution >= 0.6 is 0 Å². The molecular weight excluding hydrogens is 234 g/mol. The molecule has 100 valence electrons. The molecule has 1 rings (SSSR count). The Hall–Kier alpha value is -1.75. The van der Waals surface area contributed by atoms with E-state index in [2.05, 4.69) is 4.74 Å². The van der Waals surface area contributed by atoms with E-state index in [-0.39, 0.29) is 18.1 Å². The maximum Gasteiger partial charge on any atom is 0.341 e. The maximum absolute atomic E-state index is 11.5. The smallest absolute Gasteiger partial charge is 0.341 e. The maximum atomic E-state index is 11.5. The summed E-state index contributed by atoms with van der Waals surface area (Å²) >= 11 is 0. The van der Waals surface area contributed by atoms with Crippen LogP contribution in [0.4, 0.5) is 5.69 Å². The number of benzene rings is 1. The van der Waals surface area contributed by atoms with Crippen molar-refractivity contribution in [2.45, 2.75) is 20.0 Å². The van der Waals surface area contributed by atoms with Gasteiger partial charge in [0.05, 0.1) is 13.2 Å². The second kappa shape index (κ2) is 6.26. The first-order valence-electron chi connectivity index (χ1n) is 5.74. The van der Waals surface area contributed by atoms with E-state index < -0.39 is 12.1 Å². The zero-order chi connectivity index (χ0) is 13.7. The molecule has 0 saturated carbocycles. The topological polar surface area (TPSA) is 81.8 Å². The van der Waals surface area contributed by atoms with Crippen molar-refractivity contribution in [3.05, 3.63) is 23.8 Å². The molecule has 1 atom stereocenters. The van der Waals surface area contributed by atoms with E-state index in [0.717, 1.165) is 0 Å². The van der Waals surface area contributed by atoms with Crippen molar-refractivity contribution in [1.29, 1.82) is 0 Å². The summed E-state index contributed by atoms with van der Waals surface area (Å²) in [6.45, 7) is 3.89. The van der Waals surface area contributed by atoms with Gasteiger partial charge in [0.25, 0.3) is 0 Å². The summed E-state index contributed by atoms with van der Waals surface area (Å²) < 4.78 is 10.1. The Balaban J connectivity index is 2.85. The van der Waals surface area contributed by atoms with Crippen LogP contribution in [0.3, 0.4) is 0 Å². The quantitative estimate of drug-likeness (QED) is 0.613. The van der Waals surface area contributed by atoms with Crippen molar-refractivity contribution in [2.24, 2.45) is 5.92 Å². The van der Waals surface area contributed by atoms with Crippen molar-refractivity contribution < 1.29 is 19.4 Å². The van der Waals surface area contributed by atoms with Gasteiger partial charge in [0.2, 0.25) is 0 Å². The van der Waals surface area contributed by atoms with Gasteiger partial charge in [0, 0.05) is 5.69 Å². The molecule has 0 spiro atoms. The van der Waals surface area contributed by atoms with Crippen LogP contribution in [0.2, 0.25) is 0 Å². The predicted molar refractivity (Wildman–Crippen MR) is 68.5 cm³/mol. The van der Waals surface area contributed by atoms with Gasteiger partial charge >= 0.3 is 5.97 Å². The molecule has 0 amide bonds. The average Bonchev–Trinajstić information content (AvgIpc) is 2.35. The molecule has 0 heterocycles. The summed E-state index contributed by atoms with van der Waals surface area (Å²) in [6, 6.07) is 4.71. The molecule has 0 aliphatic heterocycles. The summed E-state index contributed by atoms with van der Waals surface area (Å²) in [5.41, 5.74) is 6.32. The second-order valence-corrected chi connectivity index (χ2v) is 4.37. The van der Waals surface area contributed by atoms with E-state index in [1.807, 2.05) is 13.8 Å². The molecule has 0 fully saturated rings. The highest BCUT2D eigenvalue weighted by atomic mass is 16.5. The molecule has 3 N–H and O–H groups in total. The first kappa shape index (κ1) is 14.3. The summed E-state index contributed by atoms with van der Waals surface area (Å²) in [4.78, 5) is 11.5. The fourth-order valence-electron chi connectivity index (χ4n) is 1.31. The molecule has 1 aromatic carbocycles. The third-order valence-electron chi connectivity index (χ3n) is 2.59. The molecule has 0 aliphatic carbocycles. The van der Waals surface area contributed by atoms with Crippen LogP contribution in [0, 0.1) is 5.92 Å². The zero-order valence-corrected chi connectivity index (χ0v) is 10.8. The van der Waals surface area contributed by atoms with Crippen LogP contribution in [0.15, 0.2) is 18.2 Å². The van der Waals surface area contributed by atoms with Crippen LogP contribution in [-0.4, -0.2) is 30.9 Å². The number of esters is 1. The van der Waals surface area contributed by atoms with E-state index in [0.29, 0.717) is 11.4 Å². The Morgan fingerprint density at radius 1 is 1.44 bits per heavy atom. The number of hydrogen-bond donors (Lipinski definition) is 2. The number of rotatable bonds is 5. The van der Waals surface area contributed by atoms with Gasteiger partial charge in [0.15, 0.2) is 0 Å². The van der Waals surface area contributed by atoms with E-state index in [1.165, 1.54) is 13.2 Å². The Kier molecular flexibility index (Phi) is 4.97. The average molecular weight is 253 g/mol. The van der Waals surface area contributed by atoms with Crippen LogP contribution < -0.4 is 10.5 Å². The summed E-state index contributed by atoms with van der Waals surface area (Å²) in [7, 11) is 1.29. The number of anilines is 1. The number of nitrogen functional groups attached to an aromatic ring is 1. The number of methoxy groups -OCH3 is 1. The largest absolute Gasteiger partial charge is 0.490 e. The monoisotopic (exact) mass is 253 g/mol. The van der Waals surface area contributed by atoms with E-state index in [9.17, 15) is 9.90 Å². The van der Waals surface area contributed by atoms with Gasteiger partial charge in [-0.25, -0.2) is 4.79 Å². The molecule has 0 saturated heterocycles. The first-order chi connectivity index (χ1) is 8.45. The number of aliphatic hydroxyl groups excluding tert-OH is 1. The molecule has 0 radical (unpaired) electrons. The van der Waals surface area contributed by atoms with Gasteiger partial charge in [-0.1, -0.05) is 13.8 Å². The number of nitrogens with two attached hydrogens (primary N) is 1. The van der Waals surface area contributed by atoms with Crippen molar-refractivity contribution in [2.75, 3.05) is 19.5 Å². The molecule has 5 nitrogen and oxygen atoms in total. The molecule has 0 aromatic heterocycles. The lowest BCUT2D eigenvalue weighted by atomic mass is 10.1. The minimum atomic E-state index is -0.590. The molecule has 5 heteroatoms. The van der Waals surface area contributed by atoms with E-state index in [1.54, 1.807) is 12.1 Å². The lowest BCUT2D eigenvalue weighted by Crippen LogP contribution is -2.23. The SMILES string of the molecule is COC(=O)c1cc(N)ccc1OCC(O)C(C)C. The third kappa shape index (κ3) is 3.63. The van der Waals surface area contributed by atoms with E-state index in [4.69, 9.17) is 10.5 Å². The Bertz CT molecular complexity index is 417. The standard InChI is InChI=1S/C13H19NO4/c1-8(2)11(15)7-18-12-5-4-9(14)6-10(12)13(16)17-3/h4-6,8,11,15H,7,14H2,1-3H3. The molecule has 0 aliphatic rings. The fraction of sp³-hybridized carbons (Fsp3) is 0.462. The number of carbonyl (C=O) groups excluding carboxylic acids is 1. The van der Waals surface area contributed by atoms with Crippen molar-refractivity contribution in [1.82, 2.24) is 0 Å². The van der Waals surface area contributed by atoms with Crippen LogP contribution in [0.5, 0.6) is 5.75 Å². The Morgan fingerprint density at radius 2 is 2.11 bits per heavy atom. The highest BCUT2D eigenvalue weighted by Gasteiger charge is 2.16. The minimum Gasteiger partial charge on any atom is -0.490 e. The van der Waals surface area contributed by atoms with Crippen molar-refractivity contribution in [3.8, 4) is 5.75 Å². The third-order valence-corrected chi connectivity index (χ3v) is 2.59. The molecule has 1 unspecified atom stereocenters. The van der Waals surface area contributed by atoms with Crippen LogP contribution in [0.1, 0.15) is 24.2 Å². The summed E-state index contributed by atoms with van der Waals surface area (Å²) in [5, 5.41) is 9.66. The van der Waals surface area contributed by atoms with Gasteiger partial charge < -0.3 is 20.3 Å². The highest BCUT2D eigenvalue weighted by Crippen LogP contribution is 2.22. The molecule has 1 aromatic rings. The van der Waals surface area contributed by atoms with Crippen molar-refractivity contribution >= 4 is 11.7 Å². The minimum absolute atomic E-state index is 0.0837. The van der Waals surface area contributed by atoms with Gasteiger partial charge in [-0.3, -0.25) is 0 Å². The fourth-order valence-corrected chi connectivity index (χ4v) is 1.31. The summed E-state index contributed by atoms with van der Waals surface area (Å²) in [5.74, 6) is -0.0764. The lowest BCUT2D eigenvalue weighted by Gasteiger charge is -2.16. The van der Waals surface area contributed by atoms with Gasteiger partial charge in [0.1, 0.15) is 17.9 Å². The van der Waals surface area contributed by atoms with E-state index >= 15 is 0 Å². The second-order valence-electron chi connectivity index (χ2n) is 4.37. The van der Waals surface area contributed by atoms with Gasteiger partial charge in [-0.15, -0.1) is 0 Å². The number of ether oxygens (including phenoxy) is 2. The Labute approximate surface area is 107 Å². The van der Waals surface area contributed by atoms with Gasteiger partial charge in [-0.2, -0.15) is 0 Å². The normalized spacial score (nSPS) is 12.3. The molecule has 18 heavy (non-hydrogen) atoms. The summed E-state index contributed by atoms with van der Waals surface area (Å²) in [6.07, 6.45) is -0.590. The highest BCUT2D eigenvalue weighted by molar-refractivity contribution is 5.93. The predicted octanol–water partition coefficient (Wildman–Crippen LogP) is 1.45. The first-order valence-corrected chi connectivity index (χ1v) is 5.74. The number of carbonyl (C=O) groups is 1. The number of aliphatic hydroxyl groups is 1. The lowest BCUT2D eigenvalue weighted by molar-refractivity contribution is 0.0568. The van der Waals surface area contributed by atoms with Gasteiger partial charge in [-0.05, 0) is 24.1 Å². The Morgan fingerprint density at radius 3 is 2.67 bits per heavy atom. The van der Waals surface area contributed by atoms with Crippen molar-refractivity contribution in [3.63, 3.8) is 0 Å². The number of hydrogen-bond acceptors (Lipinski definition) is 5. The molecule has 0 bridgehead atoms. The zero-order valence-electron chi connectivity index (χ0n) is 10.8. The molecular formula is C13H19NO4. The van der Waals surface area contributed by atoms with Crippen LogP contribution in [-0.2, 0) is 4.74 Å².